The van der Waals surface area contributed by atoms with Gasteiger partial charge in [-0.1, -0.05) is 97.1 Å². The minimum absolute atomic E-state index is 1.06. The van der Waals surface area contributed by atoms with E-state index in [0.29, 0.717) is 0 Å². The number of allylic oxidation sites excluding steroid dienone is 2. The standard InChI is InChI=1S/C32H28/c1-23-13-15-25-17-18-26-16-14-24(2)30(20-26)22-32(28-11-7-4-8-12-28)31(21-29(23)19-25)27-9-5-3-6-10-27/h3-16,19-22H,17-18H2,1-2H3/b31-21-,32-22-. The number of hydrogen-bond donors (Lipinski definition) is 0. The second kappa shape index (κ2) is 8.85. The smallest absolute Gasteiger partial charge is 0.00991 e. The lowest BCUT2D eigenvalue weighted by atomic mass is 9.87. The van der Waals surface area contributed by atoms with E-state index in [2.05, 4.69) is 123 Å². The van der Waals surface area contributed by atoms with Crippen molar-refractivity contribution in [3.05, 3.63) is 142 Å². The molecular formula is C32H28. The lowest BCUT2D eigenvalue weighted by Gasteiger charge is -2.17. The molecule has 0 heteroatoms. The summed E-state index contributed by atoms with van der Waals surface area (Å²) in [7, 11) is 0. The molecule has 32 heavy (non-hydrogen) atoms. The maximum absolute atomic E-state index is 2.38. The molecule has 4 aromatic rings. The van der Waals surface area contributed by atoms with E-state index < -0.39 is 0 Å². The topological polar surface area (TPSA) is 0 Å². The Balaban J connectivity index is 1.85. The molecule has 0 nitrogen and oxygen atoms in total. The van der Waals surface area contributed by atoms with Crippen molar-refractivity contribution >= 4 is 23.3 Å². The quantitative estimate of drug-likeness (QED) is 0.311. The SMILES string of the molecule is Cc1ccc2cc1/C=C(c1ccccc1)\C(c1ccccc1)=C/c1cc(ccc1C)CC2. The van der Waals surface area contributed by atoms with E-state index in [1.807, 2.05) is 0 Å². The van der Waals surface area contributed by atoms with Crippen molar-refractivity contribution in [2.45, 2.75) is 26.7 Å². The van der Waals surface area contributed by atoms with Gasteiger partial charge in [0.2, 0.25) is 0 Å². The number of rotatable bonds is 2. The van der Waals surface area contributed by atoms with Gasteiger partial charge in [-0.2, -0.15) is 0 Å². The molecule has 0 spiro atoms. The average molecular weight is 413 g/mol. The van der Waals surface area contributed by atoms with Gasteiger partial charge in [0.05, 0.1) is 0 Å². The van der Waals surface area contributed by atoms with E-state index in [0.717, 1.165) is 12.8 Å². The summed E-state index contributed by atoms with van der Waals surface area (Å²) in [5.74, 6) is 0. The van der Waals surface area contributed by atoms with Gasteiger partial charge in [-0.05, 0) is 94.5 Å². The van der Waals surface area contributed by atoms with Crippen LogP contribution in [-0.4, -0.2) is 0 Å². The van der Waals surface area contributed by atoms with Gasteiger partial charge >= 0.3 is 0 Å². The molecule has 0 aromatic heterocycles. The van der Waals surface area contributed by atoms with E-state index in [9.17, 15) is 0 Å². The molecule has 5 rings (SSSR count). The summed E-state index contributed by atoms with van der Waals surface area (Å²) in [4.78, 5) is 0. The first-order valence-electron chi connectivity index (χ1n) is 11.4. The van der Waals surface area contributed by atoms with Crippen LogP contribution in [0.25, 0.3) is 23.3 Å². The van der Waals surface area contributed by atoms with Gasteiger partial charge in [-0.15, -0.1) is 0 Å². The number of fused-ring (bicyclic) bond motifs is 4. The largest absolute Gasteiger partial charge is 0.0622 e. The van der Waals surface area contributed by atoms with Crippen LogP contribution in [0.4, 0.5) is 0 Å². The van der Waals surface area contributed by atoms with Crippen LogP contribution in [0.3, 0.4) is 0 Å². The summed E-state index contributed by atoms with van der Waals surface area (Å²) in [5, 5.41) is 0. The highest BCUT2D eigenvalue weighted by molar-refractivity contribution is 6.16. The van der Waals surface area contributed by atoms with Gasteiger partial charge in [0.15, 0.2) is 0 Å². The molecule has 0 saturated carbocycles. The first-order chi connectivity index (χ1) is 15.7. The van der Waals surface area contributed by atoms with Crippen molar-refractivity contribution in [3.8, 4) is 0 Å². The van der Waals surface area contributed by atoms with Gasteiger partial charge < -0.3 is 0 Å². The van der Waals surface area contributed by atoms with Crippen LogP contribution in [0.1, 0.15) is 44.5 Å². The summed E-state index contributed by atoms with van der Waals surface area (Å²) in [6, 6.07) is 35.4. The molecule has 0 heterocycles. The Bertz CT molecular complexity index is 1200. The van der Waals surface area contributed by atoms with Crippen molar-refractivity contribution in [1.82, 2.24) is 0 Å². The molecule has 1 aliphatic carbocycles. The Morgan fingerprint density at radius 1 is 0.469 bits per heavy atom. The summed E-state index contributed by atoms with van der Waals surface area (Å²) in [6.07, 6.45) is 6.88. The third kappa shape index (κ3) is 4.22. The number of benzene rings is 4. The zero-order valence-corrected chi connectivity index (χ0v) is 18.8. The third-order valence-corrected chi connectivity index (χ3v) is 6.45. The third-order valence-electron chi connectivity index (χ3n) is 6.45. The molecular weight excluding hydrogens is 384 g/mol. The molecule has 0 radical (unpaired) electrons. The molecule has 4 aromatic carbocycles. The molecule has 0 fully saturated rings. The fourth-order valence-electron chi connectivity index (χ4n) is 4.47. The number of hydrogen-bond acceptors (Lipinski definition) is 0. The van der Waals surface area contributed by atoms with Gasteiger partial charge in [0.1, 0.15) is 0 Å². The van der Waals surface area contributed by atoms with Crippen LogP contribution in [0, 0.1) is 13.8 Å². The monoisotopic (exact) mass is 412 g/mol. The molecule has 0 saturated heterocycles. The predicted octanol–water partition coefficient (Wildman–Crippen LogP) is 8.18. The first-order valence-corrected chi connectivity index (χ1v) is 11.4. The van der Waals surface area contributed by atoms with E-state index in [4.69, 9.17) is 0 Å². The summed E-state index contributed by atoms with van der Waals surface area (Å²) < 4.78 is 0. The number of aryl methyl sites for hydroxylation is 4. The maximum atomic E-state index is 2.38. The van der Waals surface area contributed by atoms with E-state index in [1.54, 1.807) is 0 Å². The Morgan fingerprint density at radius 2 is 0.875 bits per heavy atom. The van der Waals surface area contributed by atoms with Gasteiger partial charge in [-0.25, -0.2) is 0 Å². The first kappa shape index (κ1) is 20.3. The molecule has 0 N–H and O–H groups in total. The van der Waals surface area contributed by atoms with Crippen molar-refractivity contribution in [2.75, 3.05) is 0 Å². The van der Waals surface area contributed by atoms with Crippen molar-refractivity contribution in [2.24, 2.45) is 0 Å². The van der Waals surface area contributed by atoms with E-state index in [-0.39, 0.29) is 0 Å². The van der Waals surface area contributed by atoms with Gasteiger partial charge in [0, 0.05) is 0 Å². The van der Waals surface area contributed by atoms with Crippen LogP contribution in [0.2, 0.25) is 0 Å². The highest BCUT2D eigenvalue weighted by Gasteiger charge is 2.14. The minimum atomic E-state index is 1.06. The van der Waals surface area contributed by atoms with Crippen LogP contribution >= 0.6 is 0 Å². The van der Waals surface area contributed by atoms with Crippen LogP contribution < -0.4 is 0 Å². The van der Waals surface area contributed by atoms with Crippen LogP contribution in [-0.2, 0) is 12.8 Å². The average Bonchev–Trinajstić information content (AvgIpc) is 2.83. The van der Waals surface area contributed by atoms with Crippen molar-refractivity contribution < 1.29 is 0 Å². The molecule has 0 amide bonds. The van der Waals surface area contributed by atoms with Crippen LogP contribution in [0.5, 0.6) is 0 Å². The normalized spacial score (nSPS) is 16.7. The Labute approximate surface area is 191 Å². The fraction of sp³-hybridized carbons (Fsp3) is 0.125. The molecule has 4 bridgehead atoms. The predicted molar refractivity (Wildman–Crippen MR) is 138 cm³/mol. The zero-order valence-electron chi connectivity index (χ0n) is 18.8. The highest BCUT2D eigenvalue weighted by Crippen LogP contribution is 2.36. The summed E-state index contributed by atoms with van der Waals surface area (Å²) in [6.45, 7) is 4.42. The maximum Gasteiger partial charge on any atom is -0.00991 e. The highest BCUT2D eigenvalue weighted by atomic mass is 14.2. The Morgan fingerprint density at radius 3 is 1.28 bits per heavy atom. The van der Waals surface area contributed by atoms with Gasteiger partial charge in [-0.3, -0.25) is 0 Å². The molecule has 0 atom stereocenters. The Hall–Kier alpha value is -3.64. The van der Waals surface area contributed by atoms with E-state index in [1.165, 1.54) is 55.7 Å². The molecule has 156 valence electrons. The van der Waals surface area contributed by atoms with E-state index >= 15 is 0 Å². The minimum Gasteiger partial charge on any atom is -0.0622 e. The molecule has 0 aliphatic heterocycles. The zero-order chi connectivity index (χ0) is 21.9. The Kier molecular flexibility index (Phi) is 5.60. The molecule has 0 unspecified atom stereocenters. The molecule has 1 aliphatic rings. The van der Waals surface area contributed by atoms with Crippen molar-refractivity contribution in [1.29, 1.82) is 0 Å². The summed E-state index contributed by atoms with van der Waals surface area (Å²) in [5.41, 5.74) is 13.0. The van der Waals surface area contributed by atoms with Crippen LogP contribution in [0.15, 0.2) is 97.1 Å². The van der Waals surface area contributed by atoms with Gasteiger partial charge in [0.25, 0.3) is 0 Å². The second-order valence-corrected chi connectivity index (χ2v) is 8.73. The lowest BCUT2D eigenvalue weighted by molar-refractivity contribution is 0.957. The summed E-state index contributed by atoms with van der Waals surface area (Å²) >= 11 is 0. The lowest BCUT2D eigenvalue weighted by Crippen LogP contribution is -1.98. The second-order valence-electron chi connectivity index (χ2n) is 8.73. The fourth-order valence-corrected chi connectivity index (χ4v) is 4.47. The van der Waals surface area contributed by atoms with Crippen molar-refractivity contribution in [3.63, 3.8) is 0 Å².